The summed E-state index contributed by atoms with van der Waals surface area (Å²) < 4.78 is 31.9. The maximum Gasteiger partial charge on any atom is 0.334 e. The zero-order chi connectivity index (χ0) is 28.7. The molecular formula is C30H42N2O8. The summed E-state index contributed by atoms with van der Waals surface area (Å²) in [5, 5.41) is 2.85. The van der Waals surface area contributed by atoms with E-state index in [0.29, 0.717) is 19.4 Å². The van der Waals surface area contributed by atoms with Crippen molar-refractivity contribution in [3.63, 3.8) is 0 Å². The van der Waals surface area contributed by atoms with E-state index in [1.54, 1.807) is 0 Å². The highest BCUT2D eigenvalue weighted by Crippen LogP contribution is 2.83. The minimum Gasteiger partial charge on any atom is -0.458 e. The summed E-state index contributed by atoms with van der Waals surface area (Å²) in [6, 6.07) is -1.59. The van der Waals surface area contributed by atoms with Gasteiger partial charge in [0.2, 0.25) is 5.91 Å². The molecule has 2 saturated carbocycles. The Morgan fingerprint density at radius 2 is 1.77 bits per heavy atom. The molecule has 4 aliphatic heterocycles. The standard InChI is InChI=1S/C30H42N2O8/c1-12(2)19(31)23(33)32-20(13(3)4)25(35)37-26-28(14(5)6)21(39-28)22-30(40-22)27(7)9-8-15-16(11-36-24(15)34)17(27)10-18-29(26,30)38-18/h12-14,17-22,26H,8-11,31H2,1-7H3,(H,32,33)/t17-,18-,19+,20+,21-,22-,26+,27-,28-,29+,30+/m0/s1. The molecule has 7 rings (SSSR count). The SMILES string of the molecule is CC(C)[C@@H](N)C(=O)N[C@@H](C(=O)O[C@@H]1[C@@]2(C(C)C)O[C@H]2[C@@H]2O[C@]23[C@]12O[C@H]2C[C@H]1C2=C(CC[C@@]13C)C(=O)OC2)C(C)C. The van der Waals surface area contributed by atoms with Crippen molar-refractivity contribution in [3.8, 4) is 0 Å². The van der Waals surface area contributed by atoms with Gasteiger partial charge < -0.3 is 34.7 Å². The van der Waals surface area contributed by atoms with Gasteiger partial charge in [-0.1, -0.05) is 48.5 Å². The van der Waals surface area contributed by atoms with Gasteiger partial charge in [-0.05, 0) is 48.5 Å². The Hall–Kier alpha value is -2.01. The van der Waals surface area contributed by atoms with E-state index in [1.165, 1.54) is 0 Å². The Morgan fingerprint density at radius 3 is 2.42 bits per heavy atom. The molecule has 1 amide bonds. The average molecular weight is 559 g/mol. The number of rotatable bonds is 7. The van der Waals surface area contributed by atoms with E-state index < -0.39 is 41.0 Å². The highest BCUT2D eigenvalue weighted by Gasteiger charge is 3.01. The number of fused-ring (bicyclic) bond motifs is 4. The zero-order valence-electron chi connectivity index (χ0n) is 24.4. The summed E-state index contributed by atoms with van der Waals surface area (Å²) >= 11 is 0. The predicted octanol–water partition coefficient (Wildman–Crippen LogP) is 1.78. The maximum atomic E-state index is 13.9. The van der Waals surface area contributed by atoms with Crippen LogP contribution in [-0.4, -0.2) is 77.8 Å². The van der Waals surface area contributed by atoms with Crippen LogP contribution in [0.3, 0.4) is 0 Å². The highest BCUT2D eigenvalue weighted by molar-refractivity contribution is 5.92. The van der Waals surface area contributed by atoms with Crippen molar-refractivity contribution in [2.75, 3.05) is 6.61 Å². The molecule has 11 atom stereocenters. The van der Waals surface area contributed by atoms with Gasteiger partial charge in [-0.25, -0.2) is 9.59 Å². The molecule has 0 unspecified atom stereocenters. The van der Waals surface area contributed by atoms with Crippen LogP contribution in [0.2, 0.25) is 0 Å². The van der Waals surface area contributed by atoms with E-state index in [2.05, 4.69) is 26.1 Å². The fourth-order valence-electron chi connectivity index (χ4n) is 9.08. The molecule has 5 fully saturated rings. The van der Waals surface area contributed by atoms with Crippen LogP contribution in [0, 0.1) is 29.1 Å². The predicted molar refractivity (Wildman–Crippen MR) is 141 cm³/mol. The van der Waals surface area contributed by atoms with Crippen LogP contribution < -0.4 is 11.1 Å². The summed E-state index contributed by atoms with van der Waals surface area (Å²) in [4.78, 5) is 39.2. The fraction of sp³-hybridized carbons (Fsp3) is 0.833. The number of nitrogens with one attached hydrogen (secondary N) is 1. The number of esters is 2. The molecule has 7 aliphatic rings. The van der Waals surface area contributed by atoms with E-state index in [4.69, 9.17) is 29.4 Å². The monoisotopic (exact) mass is 558 g/mol. The van der Waals surface area contributed by atoms with Crippen molar-refractivity contribution in [1.29, 1.82) is 0 Å². The molecule has 0 radical (unpaired) electrons. The van der Waals surface area contributed by atoms with Crippen molar-refractivity contribution >= 4 is 17.8 Å². The van der Waals surface area contributed by atoms with Gasteiger partial charge in [0.25, 0.3) is 0 Å². The topological polar surface area (TPSA) is 145 Å². The number of ether oxygens (including phenoxy) is 5. The van der Waals surface area contributed by atoms with Gasteiger partial charge in [-0.2, -0.15) is 0 Å². The van der Waals surface area contributed by atoms with E-state index in [1.807, 2.05) is 27.7 Å². The lowest BCUT2D eigenvalue weighted by Gasteiger charge is -2.53. The summed E-state index contributed by atoms with van der Waals surface area (Å²) in [6.07, 6.45) is 0.861. The number of epoxide rings is 3. The van der Waals surface area contributed by atoms with Crippen molar-refractivity contribution < 1.29 is 38.1 Å². The van der Waals surface area contributed by atoms with Gasteiger partial charge in [-0.3, -0.25) is 4.79 Å². The van der Waals surface area contributed by atoms with Gasteiger partial charge in [0.05, 0.1) is 12.1 Å². The number of amides is 1. The Bertz CT molecular complexity index is 1230. The number of hydrogen-bond donors (Lipinski definition) is 2. The van der Waals surface area contributed by atoms with Crippen LogP contribution in [0.25, 0.3) is 0 Å². The van der Waals surface area contributed by atoms with Crippen molar-refractivity contribution in [1.82, 2.24) is 5.32 Å². The van der Waals surface area contributed by atoms with Crippen LogP contribution in [-0.2, 0) is 38.1 Å². The number of hydrogen-bond acceptors (Lipinski definition) is 9. The Balaban J connectivity index is 1.24. The Labute approximate surface area is 235 Å². The zero-order valence-corrected chi connectivity index (χ0v) is 24.4. The molecule has 220 valence electrons. The van der Waals surface area contributed by atoms with E-state index in [-0.39, 0.29) is 59.3 Å². The largest absolute Gasteiger partial charge is 0.458 e. The molecule has 0 bridgehead atoms. The minimum absolute atomic E-state index is 0.0465. The first-order chi connectivity index (χ1) is 18.8. The summed E-state index contributed by atoms with van der Waals surface area (Å²) in [5.74, 6) is -1.23. The van der Waals surface area contributed by atoms with E-state index >= 15 is 0 Å². The van der Waals surface area contributed by atoms with Crippen LogP contribution in [0.1, 0.15) is 67.7 Å². The fourth-order valence-corrected chi connectivity index (χ4v) is 9.08. The van der Waals surface area contributed by atoms with Gasteiger partial charge in [0.1, 0.15) is 36.1 Å². The molecule has 10 heteroatoms. The van der Waals surface area contributed by atoms with Gasteiger partial charge >= 0.3 is 11.9 Å². The summed E-state index contributed by atoms with van der Waals surface area (Å²) in [6.45, 7) is 14.2. The Kier molecular flexibility index (Phi) is 5.43. The molecular weight excluding hydrogens is 516 g/mol. The van der Waals surface area contributed by atoms with Crippen LogP contribution >= 0.6 is 0 Å². The molecule has 40 heavy (non-hydrogen) atoms. The lowest BCUT2D eigenvalue weighted by molar-refractivity contribution is -0.173. The molecule has 2 spiro atoms. The first kappa shape index (κ1) is 26.9. The highest BCUT2D eigenvalue weighted by atomic mass is 16.8. The third-order valence-electron chi connectivity index (χ3n) is 11.5. The van der Waals surface area contributed by atoms with Crippen molar-refractivity contribution in [2.24, 2.45) is 34.8 Å². The lowest BCUT2D eigenvalue weighted by atomic mass is 9.46. The summed E-state index contributed by atoms with van der Waals surface area (Å²) in [5.41, 5.74) is 5.43. The second-order valence-corrected chi connectivity index (χ2v) is 14.3. The third-order valence-corrected chi connectivity index (χ3v) is 11.5. The lowest BCUT2D eigenvalue weighted by Crippen LogP contribution is -2.70. The average Bonchev–Trinajstić information content (AvgIpc) is 3.80. The number of cyclic esters (lactones) is 1. The van der Waals surface area contributed by atoms with Gasteiger partial charge in [-0.15, -0.1) is 0 Å². The molecule has 3 aliphatic carbocycles. The maximum absolute atomic E-state index is 13.9. The molecule has 3 saturated heterocycles. The second kappa shape index (κ2) is 8.08. The van der Waals surface area contributed by atoms with Crippen LogP contribution in [0.5, 0.6) is 0 Å². The van der Waals surface area contributed by atoms with E-state index in [0.717, 1.165) is 17.6 Å². The Morgan fingerprint density at radius 1 is 1.05 bits per heavy atom. The molecule has 4 heterocycles. The van der Waals surface area contributed by atoms with Crippen molar-refractivity contribution in [2.45, 2.75) is 121 Å². The van der Waals surface area contributed by atoms with Crippen molar-refractivity contribution in [3.05, 3.63) is 11.1 Å². The normalized spacial score (nSPS) is 46.8. The van der Waals surface area contributed by atoms with Gasteiger partial charge in [0.15, 0.2) is 11.7 Å². The third kappa shape index (κ3) is 2.96. The first-order valence-corrected chi connectivity index (χ1v) is 15.0. The molecule has 0 aromatic rings. The second-order valence-electron chi connectivity index (χ2n) is 14.3. The van der Waals surface area contributed by atoms with E-state index in [9.17, 15) is 14.4 Å². The first-order valence-electron chi connectivity index (χ1n) is 15.0. The van der Waals surface area contributed by atoms with Gasteiger partial charge in [0, 0.05) is 11.0 Å². The molecule has 10 nitrogen and oxygen atoms in total. The quantitative estimate of drug-likeness (QED) is 0.353. The molecule has 3 N–H and O–H groups in total. The molecule has 0 aromatic carbocycles. The summed E-state index contributed by atoms with van der Waals surface area (Å²) in [7, 11) is 0. The molecule has 0 aromatic heterocycles. The number of carbonyl (C=O) groups is 3. The van der Waals surface area contributed by atoms with Crippen LogP contribution in [0.15, 0.2) is 11.1 Å². The number of nitrogens with two attached hydrogens (primary N) is 1. The van der Waals surface area contributed by atoms with Crippen LogP contribution in [0.4, 0.5) is 0 Å². The number of carbonyl (C=O) groups excluding carboxylic acids is 3. The smallest absolute Gasteiger partial charge is 0.334 e. The minimum atomic E-state index is -0.864.